The molecule has 1 N–H and O–H groups in total. The normalized spacial score (nSPS) is 19.4. The lowest BCUT2D eigenvalue weighted by Gasteiger charge is -2.37. The first kappa shape index (κ1) is 26.2. The molecule has 2 aromatic carbocycles. The van der Waals surface area contributed by atoms with Gasteiger partial charge in [-0.15, -0.1) is 0 Å². The Kier molecular flexibility index (Phi) is 7.81. The third kappa shape index (κ3) is 5.61. The van der Waals surface area contributed by atoms with Crippen molar-refractivity contribution in [2.24, 2.45) is 0 Å². The number of hydrogen-bond donors (Lipinski definition) is 1. The number of benzene rings is 2. The molecule has 7 nitrogen and oxygen atoms in total. The lowest BCUT2D eigenvalue weighted by atomic mass is 9.71. The van der Waals surface area contributed by atoms with E-state index in [9.17, 15) is 14.4 Å². The number of dihydropyridines is 1. The van der Waals surface area contributed by atoms with Gasteiger partial charge in [-0.25, -0.2) is 4.79 Å². The molecule has 1 aliphatic carbocycles. The van der Waals surface area contributed by atoms with Gasteiger partial charge in [-0.1, -0.05) is 36.4 Å². The topological polar surface area (TPSA) is 90.9 Å². The van der Waals surface area contributed by atoms with Crippen LogP contribution in [0.1, 0.15) is 70.4 Å². The maximum Gasteiger partial charge on any atom is 0.337 e. The summed E-state index contributed by atoms with van der Waals surface area (Å²) in [6, 6.07) is 15.2. The highest BCUT2D eigenvalue weighted by atomic mass is 16.6. The number of Topliss-reactive ketones (excluding diaryl/α,β-unsaturated/α-hetero) is 1. The van der Waals surface area contributed by atoms with Crippen molar-refractivity contribution >= 4 is 17.7 Å². The van der Waals surface area contributed by atoms with Crippen LogP contribution >= 0.6 is 0 Å². The molecular weight excluding hydrogens is 470 g/mol. The number of esters is 2. The van der Waals surface area contributed by atoms with Gasteiger partial charge in [0.1, 0.15) is 0 Å². The molecule has 2 atom stereocenters. The molecule has 37 heavy (non-hydrogen) atoms. The summed E-state index contributed by atoms with van der Waals surface area (Å²) < 4.78 is 16.7. The van der Waals surface area contributed by atoms with Crippen LogP contribution in [0.4, 0.5) is 0 Å². The Bertz CT molecular complexity index is 1270. The Morgan fingerprint density at radius 3 is 2.41 bits per heavy atom. The van der Waals surface area contributed by atoms with E-state index in [1.807, 2.05) is 44.2 Å². The molecule has 0 bridgehead atoms. The van der Waals surface area contributed by atoms with Gasteiger partial charge in [0.2, 0.25) is 0 Å². The molecule has 0 radical (unpaired) electrons. The highest BCUT2D eigenvalue weighted by Crippen LogP contribution is 2.47. The standard InChI is InChI=1S/C30H33NO6/c1-6-35-26-16-21(12-13-25(26)37-19(5)32)28-27(30(34)36-17(2)3)18(4)31-23-14-22(15-24(33)29(23)28)20-10-8-7-9-11-20/h7-13,16-17,22,28,31H,6,14-15H2,1-5H3. The zero-order chi connectivity index (χ0) is 26.7. The number of carbonyl (C=O) groups is 3. The molecule has 2 aliphatic rings. The monoisotopic (exact) mass is 503 g/mol. The van der Waals surface area contributed by atoms with Crippen molar-refractivity contribution in [3.8, 4) is 11.5 Å². The summed E-state index contributed by atoms with van der Waals surface area (Å²) in [6.45, 7) is 8.93. The summed E-state index contributed by atoms with van der Waals surface area (Å²) in [4.78, 5) is 38.7. The van der Waals surface area contributed by atoms with Crippen LogP contribution in [-0.2, 0) is 19.1 Å². The summed E-state index contributed by atoms with van der Waals surface area (Å²) in [5, 5.41) is 3.37. The molecule has 1 aliphatic heterocycles. The largest absolute Gasteiger partial charge is 0.490 e. The van der Waals surface area contributed by atoms with E-state index in [2.05, 4.69) is 5.32 Å². The van der Waals surface area contributed by atoms with Gasteiger partial charge in [0.15, 0.2) is 17.3 Å². The van der Waals surface area contributed by atoms with E-state index in [0.717, 1.165) is 11.3 Å². The van der Waals surface area contributed by atoms with Gasteiger partial charge < -0.3 is 19.5 Å². The summed E-state index contributed by atoms with van der Waals surface area (Å²) >= 11 is 0. The number of ether oxygens (including phenoxy) is 3. The lowest BCUT2D eigenvalue weighted by molar-refractivity contribution is -0.143. The molecule has 0 saturated heterocycles. The van der Waals surface area contributed by atoms with E-state index in [1.54, 1.807) is 32.0 Å². The number of hydrogen-bond acceptors (Lipinski definition) is 7. The highest BCUT2D eigenvalue weighted by Gasteiger charge is 2.41. The zero-order valence-electron chi connectivity index (χ0n) is 21.9. The maximum atomic E-state index is 13.7. The zero-order valence-corrected chi connectivity index (χ0v) is 21.9. The summed E-state index contributed by atoms with van der Waals surface area (Å²) in [7, 11) is 0. The number of rotatable bonds is 7. The number of ketones is 1. The first-order chi connectivity index (χ1) is 17.7. The molecule has 0 spiro atoms. The molecule has 0 aromatic heterocycles. The number of nitrogens with one attached hydrogen (secondary N) is 1. The van der Waals surface area contributed by atoms with E-state index < -0.39 is 17.9 Å². The van der Waals surface area contributed by atoms with Gasteiger partial charge in [-0.3, -0.25) is 9.59 Å². The Morgan fingerprint density at radius 2 is 1.76 bits per heavy atom. The van der Waals surface area contributed by atoms with E-state index in [-0.39, 0.29) is 23.6 Å². The Hall–Kier alpha value is -3.87. The maximum absolute atomic E-state index is 13.7. The minimum atomic E-state index is -0.641. The summed E-state index contributed by atoms with van der Waals surface area (Å²) in [5.41, 5.74) is 4.22. The molecule has 2 unspecified atom stereocenters. The summed E-state index contributed by atoms with van der Waals surface area (Å²) in [5.74, 6) is -0.900. The van der Waals surface area contributed by atoms with Crippen LogP contribution in [0.25, 0.3) is 0 Å². The van der Waals surface area contributed by atoms with Crippen molar-refractivity contribution in [3.05, 3.63) is 82.2 Å². The van der Waals surface area contributed by atoms with Crippen LogP contribution in [0.5, 0.6) is 11.5 Å². The van der Waals surface area contributed by atoms with E-state index in [0.29, 0.717) is 47.6 Å². The predicted octanol–water partition coefficient (Wildman–Crippen LogP) is 5.32. The minimum Gasteiger partial charge on any atom is -0.490 e. The van der Waals surface area contributed by atoms with Crippen molar-refractivity contribution in [2.45, 2.75) is 65.4 Å². The quantitative estimate of drug-likeness (QED) is 0.404. The predicted molar refractivity (Wildman–Crippen MR) is 139 cm³/mol. The van der Waals surface area contributed by atoms with Crippen LogP contribution in [0.2, 0.25) is 0 Å². The molecule has 7 heteroatoms. The third-order valence-corrected chi connectivity index (χ3v) is 6.52. The SMILES string of the molecule is CCOc1cc(C2C(C(=O)OC(C)C)=C(C)NC3=C2C(=O)CC(c2ccccc2)C3)ccc1OC(C)=O. The van der Waals surface area contributed by atoms with Gasteiger partial charge in [0.25, 0.3) is 0 Å². The summed E-state index contributed by atoms with van der Waals surface area (Å²) in [6.07, 6.45) is 0.671. The van der Waals surface area contributed by atoms with Gasteiger partial charge in [-0.05, 0) is 63.3 Å². The molecule has 0 amide bonds. The van der Waals surface area contributed by atoms with Gasteiger partial charge in [0.05, 0.1) is 18.3 Å². The van der Waals surface area contributed by atoms with Crippen molar-refractivity contribution in [3.63, 3.8) is 0 Å². The number of allylic oxidation sites excluding steroid dienone is 3. The van der Waals surface area contributed by atoms with Crippen molar-refractivity contribution in [2.75, 3.05) is 6.61 Å². The first-order valence-electron chi connectivity index (χ1n) is 12.6. The van der Waals surface area contributed by atoms with E-state index in [4.69, 9.17) is 14.2 Å². The van der Waals surface area contributed by atoms with Crippen LogP contribution in [0.3, 0.4) is 0 Å². The molecule has 2 aromatic rings. The Labute approximate surface area is 217 Å². The molecule has 4 rings (SSSR count). The van der Waals surface area contributed by atoms with Gasteiger partial charge in [0, 0.05) is 36.2 Å². The second-order valence-electron chi connectivity index (χ2n) is 9.61. The average molecular weight is 504 g/mol. The van der Waals surface area contributed by atoms with Crippen molar-refractivity contribution < 1.29 is 28.6 Å². The van der Waals surface area contributed by atoms with Crippen LogP contribution < -0.4 is 14.8 Å². The second kappa shape index (κ2) is 11.0. The lowest BCUT2D eigenvalue weighted by Crippen LogP contribution is -2.36. The average Bonchev–Trinajstić information content (AvgIpc) is 2.84. The molecule has 1 heterocycles. The van der Waals surface area contributed by atoms with Crippen molar-refractivity contribution in [1.29, 1.82) is 0 Å². The van der Waals surface area contributed by atoms with Crippen LogP contribution in [-0.4, -0.2) is 30.4 Å². The van der Waals surface area contributed by atoms with Gasteiger partial charge >= 0.3 is 11.9 Å². The Balaban J connectivity index is 1.83. The van der Waals surface area contributed by atoms with Crippen LogP contribution in [0, 0.1) is 0 Å². The van der Waals surface area contributed by atoms with Crippen molar-refractivity contribution in [1.82, 2.24) is 5.32 Å². The molecular formula is C30H33NO6. The van der Waals surface area contributed by atoms with Gasteiger partial charge in [-0.2, -0.15) is 0 Å². The minimum absolute atomic E-state index is 0.0167. The van der Waals surface area contributed by atoms with Crippen LogP contribution in [0.15, 0.2) is 71.1 Å². The molecule has 194 valence electrons. The third-order valence-electron chi connectivity index (χ3n) is 6.52. The van der Waals surface area contributed by atoms with E-state index >= 15 is 0 Å². The number of carbonyl (C=O) groups excluding carboxylic acids is 3. The molecule has 0 saturated carbocycles. The first-order valence-corrected chi connectivity index (χ1v) is 12.6. The fraction of sp³-hybridized carbons (Fsp3) is 0.367. The smallest absolute Gasteiger partial charge is 0.337 e. The Morgan fingerprint density at radius 1 is 1.03 bits per heavy atom. The highest BCUT2D eigenvalue weighted by molar-refractivity contribution is 6.04. The fourth-order valence-electron chi connectivity index (χ4n) is 5.09. The molecule has 0 fully saturated rings. The second-order valence-corrected chi connectivity index (χ2v) is 9.61. The fourth-order valence-corrected chi connectivity index (χ4v) is 5.09. The van der Waals surface area contributed by atoms with E-state index in [1.165, 1.54) is 6.92 Å².